The molecule has 6 nitrogen and oxygen atoms in total. The number of nitrogens with zero attached hydrogens (tertiary/aromatic N) is 3. The Labute approximate surface area is 168 Å². The number of urea groups is 1. The molecular weight excluding hydrogens is 380 g/mol. The van der Waals surface area contributed by atoms with Gasteiger partial charge in [-0.1, -0.05) is 0 Å². The molecule has 0 saturated carbocycles. The highest BCUT2D eigenvalue weighted by molar-refractivity contribution is 7.98. The minimum absolute atomic E-state index is 0.0252. The Morgan fingerprint density at radius 3 is 2.41 bits per heavy atom. The van der Waals surface area contributed by atoms with Crippen LogP contribution in [0, 0.1) is 6.92 Å². The molecule has 0 bridgehead atoms. The van der Waals surface area contributed by atoms with Gasteiger partial charge in [-0.25, -0.2) is 9.78 Å². The van der Waals surface area contributed by atoms with Crippen molar-refractivity contribution in [3.63, 3.8) is 0 Å². The highest BCUT2D eigenvalue weighted by atomic mass is 32.2. The molecule has 1 aliphatic heterocycles. The van der Waals surface area contributed by atoms with Crippen LogP contribution in [-0.2, 0) is 5.75 Å². The van der Waals surface area contributed by atoms with Crippen LogP contribution in [0.4, 0.5) is 4.79 Å². The van der Waals surface area contributed by atoms with Gasteiger partial charge in [0.2, 0.25) is 0 Å². The van der Waals surface area contributed by atoms with E-state index in [1.165, 1.54) is 0 Å². The number of benzene rings is 1. The lowest BCUT2D eigenvalue weighted by atomic mass is 10.2. The molecular formula is C19H24N4O2S2. The zero-order chi connectivity index (χ0) is 19.2. The van der Waals surface area contributed by atoms with E-state index in [0.717, 1.165) is 21.3 Å². The van der Waals surface area contributed by atoms with Crippen molar-refractivity contribution in [1.29, 1.82) is 0 Å². The second-order valence-corrected chi connectivity index (χ2v) is 8.40. The van der Waals surface area contributed by atoms with Crippen LogP contribution in [0.15, 0.2) is 34.5 Å². The first-order valence-electron chi connectivity index (χ1n) is 9.02. The average molecular weight is 405 g/mol. The molecule has 1 saturated heterocycles. The summed E-state index contributed by atoms with van der Waals surface area (Å²) in [4.78, 5) is 33.7. The summed E-state index contributed by atoms with van der Waals surface area (Å²) in [5, 5.41) is 5.97. The molecule has 2 aromatic rings. The molecule has 1 aromatic carbocycles. The Morgan fingerprint density at radius 2 is 1.81 bits per heavy atom. The van der Waals surface area contributed by atoms with Crippen molar-refractivity contribution in [1.82, 2.24) is 20.1 Å². The molecule has 1 N–H and O–H groups in total. The maximum atomic E-state index is 12.7. The van der Waals surface area contributed by atoms with E-state index in [1.807, 2.05) is 43.0 Å². The molecule has 0 atom stereocenters. The largest absolute Gasteiger partial charge is 0.338 e. The van der Waals surface area contributed by atoms with Gasteiger partial charge in [-0.2, -0.15) is 0 Å². The molecule has 1 aliphatic rings. The van der Waals surface area contributed by atoms with Crippen LogP contribution in [0.5, 0.6) is 0 Å². The van der Waals surface area contributed by atoms with Crippen LogP contribution < -0.4 is 5.32 Å². The van der Waals surface area contributed by atoms with Gasteiger partial charge in [0.25, 0.3) is 5.91 Å². The van der Waals surface area contributed by atoms with Crippen molar-refractivity contribution >= 4 is 35.0 Å². The molecule has 0 aliphatic carbocycles. The lowest BCUT2D eigenvalue weighted by Crippen LogP contribution is -2.53. The quantitative estimate of drug-likeness (QED) is 0.777. The minimum Gasteiger partial charge on any atom is -0.338 e. The summed E-state index contributed by atoms with van der Waals surface area (Å²) in [5.74, 6) is 0.858. The van der Waals surface area contributed by atoms with Crippen LogP contribution in [-0.4, -0.2) is 59.4 Å². The third kappa shape index (κ3) is 5.23. The van der Waals surface area contributed by atoms with E-state index >= 15 is 0 Å². The highest BCUT2D eigenvalue weighted by Crippen LogP contribution is 2.24. The molecule has 1 fully saturated rings. The highest BCUT2D eigenvalue weighted by Gasteiger charge is 2.24. The molecule has 27 heavy (non-hydrogen) atoms. The molecule has 3 amide bonds. The lowest BCUT2D eigenvalue weighted by molar-refractivity contribution is 0.0665. The SMILES string of the molecule is CCNC(=O)N1CCN(C(=O)c2ccc(SCc3csc(C)n3)cc2)CC1. The van der Waals surface area contributed by atoms with E-state index in [9.17, 15) is 9.59 Å². The van der Waals surface area contributed by atoms with Crippen molar-refractivity contribution in [2.24, 2.45) is 0 Å². The van der Waals surface area contributed by atoms with E-state index in [0.29, 0.717) is 38.3 Å². The van der Waals surface area contributed by atoms with Gasteiger partial charge in [0.15, 0.2) is 0 Å². The third-order valence-electron chi connectivity index (χ3n) is 4.34. The fraction of sp³-hybridized carbons (Fsp3) is 0.421. The number of thioether (sulfide) groups is 1. The summed E-state index contributed by atoms with van der Waals surface area (Å²) in [5.41, 5.74) is 1.78. The number of aryl methyl sites for hydroxylation is 1. The van der Waals surface area contributed by atoms with Crippen molar-refractivity contribution in [2.45, 2.75) is 24.5 Å². The Balaban J connectivity index is 1.51. The van der Waals surface area contributed by atoms with Gasteiger partial charge in [-0.15, -0.1) is 23.1 Å². The topological polar surface area (TPSA) is 65.5 Å². The van der Waals surface area contributed by atoms with Gasteiger partial charge in [-0.05, 0) is 38.1 Å². The lowest BCUT2D eigenvalue weighted by Gasteiger charge is -2.34. The maximum Gasteiger partial charge on any atom is 0.317 e. The smallest absolute Gasteiger partial charge is 0.317 e. The average Bonchev–Trinajstić information content (AvgIpc) is 3.12. The van der Waals surface area contributed by atoms with E-state index in [4.69, 9.17) is 0 Å². The van der Waals surface area contributed by atoms with E-state index in [-0.39, 0.29) is 11.9 Å². The monoisotopic (exact) mass is 404 g/mol. The summed E-state index contributed by atoms with van der Waals surface area (Å²) in [7, 11) is 0. The number of carbonyl (C=O) groups excluding carboxylic acids is 2. The van der Waals surface area contributed by atoms with Crippen molar-refractivity contribution in [2.75, 3.05) is 32.7 Å². The van der Waals surface area contributed by atoms with Crippen molar-refractivity contribution < 1.29 is 9.59 Å². The van der Waals surface area contributed by atoms with E-state index in [1.54, 1.807) is 28.0 Å². The number of carbonyl (C=O) groups is 2. The molecule has 0 spiro atoms. The first kappa shape index (κ1) is 19.7. The molecule has 0 unspecified atom stereocenters. The maximum absolute atomic E-state index is 12.7. The number of rotatable bonds is 5. The number of aromatic nitrogens is 1. The van der Waals surface area contributed by atoms with Crippen molar-refractivity contribution in [3.05, 3.63) is 45.9 Å². The second-order valence-electron chi connectivity index (χ2n) is 6.29. The molecule has 3 rings (SSSR count). The van der Waals surface area contributed by atoms with Gasteiger partial charge in [0.1, 0.15) is 0 Å². The molecule has 2 heterocycles. The third-order valence-corrected chi connectivity index (χ3v) is 6.20. The zero-order valence-electron chi connectivity index (χ0n) is 15.6. The Morgan fingerprint density at radius 1 is 1.15 bits per heavy atom. The normalized spacial score (nSPS) is 14.3. The number of hydrogen-bond acceptors (Lipinski definition) is 5. The molecule has 144 valence electrons. The van der Waals surface area contributed by atoms with E-state index < -0.39 is 0 Å². The number of piperazine rings is 1. The summed E-state index contributed by atoms with van der Waals surface area (Å²) < 4.78 is 0. The van der Waals surface area contributed by atoms with Gasteiger partial charge in [0, 0.05) is 54.3 Å². The predicted octanol–water partition coefficient (Wildman–Crippen LogP) is 3.23. The summed E-state index contributed by atoms with van der Waals surface area (Å²) in [6.07, 6.45) is 0. The summed E-state index contributed by atoms with van der Waals surface area (Å²) in [6.45, 7) is 6.79. The molecule has 8 heteroatoms. The fourth-order valence-corrected chi connectivity index (χ4v) is 4.39. The zero-order valence-corrected chi connectivity index (χ0v) is 17.2. The first-order valence-corrected chi connectivity index (χ1v) is 10.9. The fourth-order valence-electron chi connectivity index (χ4n) is 2.88. The van der Waals surface area contributed by atoms with Crippen molar-refractivity contribution in [3.8, 4) is 0 Å². The van der Waals surface area contributed by atoms with Gasteiger partial charge in [-0.3, -0.25) is 4.79 Å². The number of amides is 3. The summed E-state index contributed by atoms with van der Waals surface area (Å²) >= 11 is 3.38. The number of nitrogens with one attached hydrogen (secondary N) is 1. The number of hydrogen-bond donors (Lipinski definition) is 1. The van der Waals surface area contributed by atoms with Crippen LogP contribution in [0.3, 0.4) is 0 Å². The van der Waals surface area contributed by atoms with Crippen LogP contribution in [0.1, 0.15) is 28.0 Å². The van der Waals surface area contributed by atoms with Crippen LogP contribution in [0.2, 0.25) is 0 Å². The van der Waals surface area contributed by atoms with Gasteiger partial charge < -0.3 is 15.1 Å². The number of thiazole rings is 1. The Bertz CT molecular complexity index is 783. The standard InChI is InChI=1S/C19H24N4O2S2/c1-3-20-19(25)23-10-8-22(9-11-23)18(24)15-4-6-17(7-5-15)27-13-16-12-26-14(2)21-16/h4-7,12H,3,8-11,13H2,1-2H3,(H,20,25). The molecule has 1 aromatic heterocycles. The Hall–Kier alpha value is -2.06. The molecule has 0 radical (unpaired) electrons. The van der Waals surface area contributed by atoms with Gasteiger partial charge >= 0.3 is 6.03 Å². The first-order chi connectivity index (χ1) is 13.1. The summed E-state index contributed by atoms with van der Waals surface area (Å²) in [6, 6.07) is 7.69. The van der Waals surface area contributed by atoms with E-state index in [2.05, 4.69) is 15.7 Å². The Kier molecular flexibility index (Phi) is 6.73. The predicted molar refractivity (Wildman–Crippen MR) is 109 cm³/mol. The van der Waals surface area contributed by atoms with Gasteiger partial charge in [0.05, 0.1) is 10.7 Å². The second kappa shape index (κ2) is 9.23. The van der Waals surface area contributed by atoms with Crippen LogP contribution >= 0.6 is 23.1 Å². The minimum atomic E-state index is -0.0544. The van der Waals surface area contributed by atoms with Crippen LogP contribution in [0.25, 0.3) is 0 Å².